The molecule has 0 fully saturated rings. The van der Waals surface area contributed by atoms with Crippen LogP contribution in [0.1, 0.15) is 26.5 Å². The van der Waals surface area contributed by atoms with Crippen LogP contribution in [-0.2, 0) is 17.0 Å². The van der Waals surface area contributed by atoms with Gasteiger partial charge in [-0.05, 0) is 67.1 Å². The fourth-order valence-electron chi connectivity index (χ4n) is 3.35. The first-order valence-electron chi connectivity index (χ1n) is 11.0. The predicted molar refractivity (Wildman–Crippen MR) is 144 cm³/mol. The number of anilines is 1. The van der Waals surface area contributed by atoms with Crippen LogP contribution in [0.25, 0.3) is 0 Å². The highest BCUT2D eigenvalue weighted by Gasteiger charge is 2.15. The van der Waals surface area contributed by atoms with Gasteiger partial charge in [-0.1, -0.05) is 40.8 Å². The van der Waals surface area contributed by atoms with Crippen LogP contribution in [0.4, 0.5) is 5.69 Å². The number of methoxy groups -OCH3 is 1. The number of carboxylic acid groups (broad SMARTS) is 1. The SMILES string of the molecule is COc1ccc(CC(=O)O)cc1Oc1ccc(NC(=O)c2ccc(Cl)cc2)cc1CSc1nnc(C)s1. The van der Waals surface area contributed by atoms with E-state index in [1.54, 1.807) is 54.6 Å². The van der Waals surface area contributed by atoms with E-state index in [-0.39, 0.29) is 12.3 Å². The molecule has 0 aliphatic heterocycles. The summed E-state index contributed by atoms with van der Waals surface area (Å²) in [6.45, 7) is 1.89. The Morgan fingerprint density at radius 2 is 1.78 bits per heavy atom. The maximum Gasteiger partial charge on any atom is 0.307 e. The highest BCUT2D eigenvalue weighted by atomic mass is 35.5. The van der Waals surface area contributed by atoms with Crippen molar-refractivity contribution in [1.29, 1.82) is 0 Å². The summed E-state index contributed by atoms with van der Waals surface area (Å²) in [4.78, 5) is 23.9. The number of benzene rings is 3. The molecule has 0 bridgehead atoms. The lowest BCUT2D eigenvalue weighted by Gasteiger charge is -2.16. The van der Waals surface area contributed by atoms with Gasteiger partial charge in [-0.3, -0.25) is 9.59 Å². The molecule has 0 radical (unpaired) electrons. The maximum absolute atomic E-state index is 12.7. The molecular weight excluding hydrogens is 534 g/mol. The Bertz CT molecular complexity index is 1430. The Morgan fingerprint density at radius 1 is 1.03 bits per heavy atom. The number of carbonyl (C=O) groups is 2. The van der Waals surface area contributed by atoms with Crippen molar-refractivity contribution in [3.05, 3.63) is 87.4 Å². The third kappa shape index (κ3) is 7.22. The summed E-state index contributed by atoms with van der Waals surface area (Å²) in [7, 11) is 1.52. The van der Waals surface area contributed by atoms with E-state index in [2.05, 4.69) is 15.5 Å². The molecule has 4 rings (SSSR count). The third-order valence-corrected chi connectivity index (χ3v) is 7.36. The molecule has 1 heterocycles. The van der Waals surface area contributed by atoms with Crippen molar-refractivity contribution < 1.29 is 24.2 Å². The van der Waals surface area contributed by atoms with Gasteiger partial charge in [0.05, 0.1) is 13.5 Å². The average molecular weight is 556 g/mol. The summed E-state index contributed by atoms with van der Waals surface area (Å²) in [6.07, 6.45) is -0.144. The van der Waals surface area contributed by atoms with E-state index in [0.29, 0.717) is 44.8 Å². The monoisotopic (exact) mass is 555 g/mol. The van der Waals surface area contributed by atoms with Crippen LogP contribution >= 0.6 is 34.7 Å². The van der Waals surface area contributed by atoms with Crippen LogP contribution in [0.5, 0.6) is 17.2 Å². The molecule has 4 aromatic rings. The Kier molecular flexibility index (Phi) is 8.65. The molecule has 11 heteroatoms. The zero-order valence-electron chi connectivity index (χ0n) is 19.9. The van der Waals surface area contributed by atoms with Gasteiger partial charge in [-0.15, -0.1) is 10.2 Å². The number of amides is 1. The van der Waals surface area contributed by atoms with Crippen molar-refractivity contribution >= 4 is 52.3 Å². The summed E-state index contributed by atoms with van der Waals surface area (Å²) in [5.74, 6) is 0.660. The minimum absolute atomic E-state index is 0.144. The number of nitrogens with one attached hydrogen (secondary N) is 1. The fourth-order valence-corrected chi connectivity index (χ4v) is 5.27. The van der Waals surface area contributed by atoms with Crippen molar-refractivity contribution in [3.8, 4) is 17.2 Å². The van der Waals surface area contributed by atoms with Crippen molar-refractivity contribution in [1.82, 2.24) is 10.2 Å². The first-order valence-corrected chi connectivity index (χ1v) is 13.2. The molecule has 1 aromatic heterocycles. The van der Waals surface area contributed by atoms with Gasteiger partial charge in [0.15, 0.2) is 15.8 Å². The van der Waals surface area contributed by atoms with Crippen LogP contribution < -0.4 is 14.8 Å². The van der Waals surface area contributed by atoms with Gasteiger partial charge in [0.25, 0.3) is 5.91 Å². The third-order valence-electron chi connectivity index (χ3n) is 5.09. The maximum atomic E-state index is 12.7. The highest BCUT2D eigenvalue weighted by molar-refractivity contribution is 8.00. The first kappa shape index (κ1) is 26.5. The quantitative estimate of drug-likeness (QED) is 0.214. The fraction of sp³-hybridized carbons (Fsp3) is 0.154. The zero-order valence-corrected chi connectivity index (χ0v) is 22.2. The number of halogens is 1. The lowest BCUT2D eigenvalue weighted by molar-refractivity contribution is -0.136. The lowest BCUT2D eigenvalue weighted by Crippen LogP contribution is -2.12. The molecule has 0 aliphatic rings. The number of aryl methyl sites for hydroxylation is 1. The number of thioether (sulfide) groups is 1. The number of carbonyl (C=O) groups excluding carboxylic acids is 1. The van der Waals surface area contributed by atoms with E-state index in [4.69, 9.17) is 21.1 Å². The van der Waals surface area contributed by atoms with E-state index >= 15 is 0 Å². The second-order valence-electron chi connectivity index (χ2n) is 7.82. The van der Waals surface area contributed by atoms with Gasteiger partial charge in [0.2, 0.25) is 0 Å². The van der Waals surface area contributed by atoms with Crippen molar-refractivity contribution in [2.45, 2.75) is 23.4 Å². The predicted octanol–water partition coefficient (Wildman–Crippen LogP) is 6.47. The topological polar surface area (TPSA) is 111 Å². The van der Waals surface area contributed by atoms with E-state index < -0.39 is 5.97 Å². The number of hydrogen-bond donors (Lipinski definition) is 2. The Balaban J connectivity index is 1.62. The number of hydrogen-bond acceptors (Lipinski definition) is 8. The number of carboxylic acids is 1. The minimum atomic E-state index is -0.943. The molecule has 0 aliphatic carbocycles. The van der Waals surface area contributed by atoms with Crippen LogP contribution in [0.15, 0.2) is 65.0 Å². The molecule has 37 heavy (non-hydrogen) atoms. The van der Waals surface area contributed by atoms with Gasteiger partial charge < -0.3 is 19.9 Å². The first-order chi connectivity index (χ1) is 17.8. The summed E-state index contributed by atoms with van der Waals surface area (Å²) in [5.41, 5.74) is 2.43. The molecule has 2 N–H and O–H groups in total. The van der Waals surface area contributed by atoms with Crippen LogP contribution in [0, 0.1) is 6.92 Å². The van der Waals surface area contributed by atoms with E-state index in [1.807, 2.05) is 13.0 Å². The van der Waals surface area contributed by atoms with Gasteiger partial charge >= 0.3 is 5.97 Å². The normalized spacial score (nSPS) is 10.7. The van der Waals surface area contributed by atoms with Crippen LogP contribution in [0.3, 0.4) is 0 Å². The summed E-state index contributed by atoms with van der Waals surface area (Å²) in [5, 5.41) is 21.7. The number of nitrogens with zero attached hydrogens (tertiary/aromatic N) is 2. The second kappa shape index (κ2) is 12.1. The minimum Gasteiger partial charge on any atom is -0.493 e. The van der Waals surface area contributed by atoms with Crippen molar-refractivity contribution in [2.75, 3.05) is 12.4 Å². The molecule has 0 saturated heterocycles. The Labute approximate surface area is 226 Å². The van der Waals surface area contributed by atoms with Crippen LogP contribution in [-0.4, -0.2) is 34.3 Å². The molecule has 1 amide bonds. The van der Waals surface area contributed by atoms with Gasteiger partial charge in [-0.25, -0.2) is 0 Å². The van der Waals surface area contributed by atoms with E-state index in [1.165, 1.54) is 30.2 Å². The second-order valence-corrected chi connectivity index (χ2v) is 10.7. The molecule has 3 aromatic carbocycles. The molecule has 0 spiro atoms. The summed E-state index contributed by atoms with van der Waals surface area (Å²) in [6, 6.07) is 16.9. The molecule has 0 unspecified atom stereocenters. The largest absolute Gasteiger partial charge is 0.493 e. The molecule has 0 saturated carbocycles. The number of rotatable bonds is 10. The average Bonchev–Trinajstić information content (AvgIpc) is 3.29. The van der Waals surface area contributed by atoms with E-state index in [9.17, 15) is 14.7 Å². The van der Waals surface area contributed by atoms with E-state index in [0.717, 1.165) is 14.9 Å². The zero-order chi connectivity index (χ0) is 26.4. The van der Waals surface area contributed by atoms with Crippen LogP contribution in [0.2, 0.25) is 5.02 Å². The number of aromatic nitrogens is 2. The van der Waals surface area contributed by atoms with Gasteiger partial charge in [0, 0.05) is 27.6 Å². The smallest absolute Gasteiger partial charge is 0.307 e. The lowest BCUT2D eigenvalue weighted by atomic mass is 10.1. The Morgan fingerprint density at radius 3 is 2.46 bits per heavy atom. The Hall–Kier alpha value is -3.60. The number of ether oxygens (including phenoxy) is 2. The molecular formula is C26H22ClN3O5S2. The summed E-state index contributed by atoms with van der Waals surface area (Å²) < 4.78 is 12.4. The molecule has 8 nitrogen and oxygen atoms in total. The van der Waals surface area contributed by atoms with Crippen molar-refractivity contribution in [2.24, 2.45) is 0 Å². The molecule has 190 valence electrons. The van der Waals surface area contributed by atoms with Gasteiger partial charge in [-0.2, -0.15) is 0 Å². The summed E-state index contributed by atoms with van der Waals surface area (Å²) >= 11 is 8.91. The van der Waals surface area contributed by atoms with Crippen molar-refractivity contribution in [3.63, 3.8) is 0 Å². The number of aliphatic carboxylic acids is 1. The molecule has 0 atom stereocenters. The van der Waals surface area contributed by atoms with Gasteiger partial charge in [0.1, 0.15) is 10.8 Å². The standard InChI is InChI=1S/C26H22ClN3O5S2/c1-15-29-30-26(37-15)36-14-18-13-20(28-25(33)17-4-6-19(27)7-5-17)8-10-21(18)35-23-11-16(12-24(31)32)3-9-22(23)34-2/h3-11,13H,12,14H2,1-2H3,(H,28,33)(H,31,32). The highest BCUT2D eigenvalue weighted by Crippen LogP contribution is 2.37.